The summed E-state index contributed by atoms with van der Waals surface area (Å²) in [5.74, 6) is 3.96. The first kappa shape index (κ1) is 22.5. The van der Waals surface area contributed by atoms with Gasteiger partial charge in [-0.3, -0.25) is 0 Å². The van der Waals surface area contributed by atoms with E-state index in [1.165, 1.54) is 32.1 Å². The summed E-state index contributed by atoms with van der Waals surface area (Å²) in [4.78, 5) is 14.6. The molecule has 3 fully saturated rings. The standard InChI is InChI=1S/C23H38N6OS/c1-17-12-18(2)16-29(15-17)21-13-20(28-9-5-3-4-6-10-28)25-22(26-21)27-23(31)24-14-19-8-7-11-30-19/h13,17-19H,3-12,14-16H2,1-2H3,(H2,24,25,26,27,31)/t17-,18+,19-/m1/s1. The van der Waals surface area contributed by atoms with Crippen molar-refractivity contribution >= 4 is 34.9 Å². The minimum absolute atomic E-state index is 0.246. The fourth-order valence-electron chi connectivity index (χ4n) is 5.11. The SMILES string of the molecule is C[C@@H]1C[C@H](C)CN(c2cc(N3CCCCCC3)nc(NC(=S)NC[C@H]3CCCO3)n2)C1. The van der Waals surface area contributed by atoms with Crippen LogP contribution in [0.2, 0.25) is 0 Å². The van der Waals surface area contributed by atoms with E-state index in [0.29, 0.717) is 22.9 Å². The van der Waals surface area contributed by atoms with Crippen molar-refractivity contribution in [2.24, 2.45) is 11.8 Å². The maximum absolute atomic E-state index is 5.69. The Kier molecular flexibility index (Phi) is 7.82. The molecule has 3 aliphatic rings. The molecule has 0 radical (unpaired) electrons. The summed E-state index contributed by atoms with van der Waals surface area (Å²) in [5, 5.41) is 7.10. The summed E-state index contributed by atoms with van der Waals surface area (Å²) >= 11 is 5.54. The first-order valence-corrected chi connectivity index (χ1v) is 12.5. The maximum atomic E-state index is 5.69. The smallest absolute Gasteiger partial charge is 0.232 e. The summed E-state index contributed by atoms with van der Waals surface area (Å²) in [6, 6.07) is 2.18. The third-order valence-electron chi connectivity index (χ3n) is 6.56. The fraction of sp³-hybridized carbons (Fsp3) is 0.783. The zero-order valence-electron chi connectivity index (χ0n) is 19.1. The Labute approximate surface area is 192 Å². The molecule has 7 nitrogen and oxygen atoms in total. The van der Waals surface area contributed by atoms with Crippen LogP contribution < -0.4 is 20.4 Å². The molecule has 31 heavy (non-hydrogen) atoms. The predicted octanol–water partition coefficient (Wildman–Crippen LogP) is 3.80. The van der Waals surface area contributed by atoms with Gasteiger partial charge >= 0.3 is 0 Å². The summed E-state index contributed by atoms with van der Waals surface area (Å²) in [6.07, 6.45) is 8.80. The monoisotopic (exact) mass is 446 g/mol. The second kappa shape index (κ2) is 10.8. The van der Waals surface area contributed by atoms with Crippen LogP contribution in [0.25, 0.3) is 0 Å². The van der Waals surface area contributed by atoms with Crippen LogP contribution in [0.15, 0.2) is 6.07 Å². The molecule has 0 bridgehead atoms. The molecule has 3 aliphatic heterocycles. The Bertz CT molecular complexity index is 723. The maximum Gasteiger partial charge on any atom is 0.232 e. The molecule has 8 heteroatoms. The molecule has 0 aliphatic carbocycles. The van der Waals surface area contributed by atoms with Gasteiger partial charge in [0, 0.05) is 45.4 Å². The van der Waals surface area contributed by atoms with Crippen LogP contribution in [0.5, 0.6) is 0 Å². The average Bonchev–Trinajstić information content (AvgIpc) is 3.11. The fourth-order valence-corrected chi connectivity index (χ4v) is 5.28. The molecule has 0 aromatic carbocycles. The lowest BCUT2D eigenvalue weighted by molar-refractivity contribution is 0.114. The Morgan fingerprint density at radius 1 is 1.03 bits per heavy atom. The van der Waals surface area contributed by atoms with Crippen molar-refractivity contribution in [2.45, 2.75) is 64.9 Å². The third-order valence-corrected chi connectivity index (χ3v) is 6.81. The Morgan fingerprint density at radius 3 is 2.35 bits per heavy atom. The van der Waals surface area contributed by atoms with Crippen LogP contribution >= 0.6 is 12.2 Å². The van der Waals surface area contributed by atoms with Crippen LogP contribution in [0.1, 0.15) is 58.8 Å². The van der Waals surface area contributed by atoms with E-state index in [2.05, 4.69) is 40.3 Å². The number of thiocarbonyl (C=S) groups is 1. The third kappa shape index (κ3) is 6.42. The van der Waals surface area contributed by atoms with Gasteiger partial charge in [0.25, 0.3) is 0 Å². The number of aromatic nitrogens is 2. The highest BCUT2D eigenvalue weighted by atomic mass is 32.1. The molecule has 1 aromatic rings. The van der Waals surface area contributed by atoms with Gasteiger partial charge in [-0.05, 0) is 56.2 Å². The van der Waals surface area contributed by atoms with Crippen molar-refractivity contribution < 1.29 is 4.74 Å². The number of rotatable bonds is 5. The summed E-state index contributed by atoms with van der Waals surface area (Å²) in [5.41, 5.74) is 0. The molecule has 0 saturated carbocycles. The minimum Gasteiger partial charge on any atom is -0.376 e. The van der Waals surface area contributed by atoms with Crippen molar-refractivity contribution in [3.05, 3.63) is 6.07 Å². The molecule has 2 N–H and O–H groups in total. The number of piperidine rings is 1. The molecule has 0 amide bonds. The lowest BCUT2D eigenvalue weighted by Crippen LogP contribution is -2.40. The van der Waals surface area contributed by atoms with E-state index in [-0.39, 0.29) is 6.10 Å². The number of hydrogen-bond acceptors (Lipinski definition) is 6. The average molecular weight is 447 g/mol. The normalized spacial score (nSPS) is 27.1. The van der Waals surface area contributed by atoms with E-state index in [1.807, 2.05) is 0 Å². The lowest BCUT2D eigenvalue weighted by Gasteiger charge is -2.36. The van der Waals surface area contributed by atoms with Gasteiger partial charge in [0.2, 0.25) is 5.95 Å². The van der Waals surface area contributed by atoms with Gasteiger partial charge in [0.05, 0.1) is 6.10 Å². The van der Waals surface area contributed by atoms with E-state index >= 15 is 0 Å². The molecule has 172 valence electrons. The van der Waals surface area contributed by atoms with Crippen LogP contribution in [-0.4, -0.2) is 60.5 Å². The quantitative estimate of drug-likeness (QED) is 0.662. The van der Waals surface area contributed by atoms with Gasteiger partial charge in [-0.25, -0.2) is 0 Å². The Hall–Kier alpha value is -1.67. The summed E-state index contributed by atoms with van der Waals surface area (Å²) in [7, 11) is 0. The lowest BCUT2D eigenvalue weighted by atomic mass is 9.92. The van der Waals surface area contributed by atoms with E-state index in [1.54, 1.807) is 0 Å². The van der Waals surface area contributed by atoms with Gasteiger partial charge in [0.15, 0.2) is 5.11 Å². The highest BCUT2D eigenvalue weighted by Crippen LogP contribution is 2.29. The Balaban J connectivity index is 1.51. The van der Waals surface area contributed by atoms with E-state index in [4.69, 9.17) is 26.9 Å². The van der Waals surface area contributed by atoms with Crippen molar-refractivity contribution in [3.8, 4) is 0 Å². The molecule has 4 rings (SSSR count). The number of nitrogens with zero attached hydrogens (tertiary/aromatic N) is 4. The summed E-state index contributed by atoms with van der Waals surface area (Å²) in [6.45, 7) is 10.5. The van der Waals surface area contributed by atoms with Crippen molar-refractivity contribution in [1.29, 1.82) is 0 Å². The molecule has 0 spiro atoms. The van der Waals surface area contributed by atoms with Crippen LogP contribution in [0.4, 0.5) is 17.6 Å². The first-order chi connectivity index (χ1) is 15.1. The van der Waals surface area contributed by atoms with Gasteiger partial charge in [-0.15, -0.1) is 0 Å². The molecular weight excluding hydrogens is 408 g/mol. The van der Waals surface area contributed by atoms with Gasteiger partial charge in [-0.2, -0.15) is 9.97 Å². The number of ether oxygens (including phenoxy) is 1. The van der Waals surface area contributed by atoms with E-state index < -0.39 is 0 Å². The molecule has 0 unspecified atom stereocenters. The number of anilines is 3. The van der Waals surface area contributed by atoms with Crippen molar-refractivity contribution in [2.75, 3.05) is 54.4 Å². The highest BCUT2D eigenvalue weighted by Gasteiger charge is 2.25. The van der Waals surface area contributed by atoms with Crippen LogP contribution in [0, 0.1) is 11.8 Å². The van der Waals surface area contributed by atoms with E-state index in [9.17, 15) is 0 Å². The van der Waals surface area contributed by atoms with Gasteiger partial charge < -0.3 is 25.2 Å². The summed E-state index contributed by atoms with van der Waals surface area (Å²) < 4.78 is 5.69. The van der Waals surface area contributed by atoms with Gasteiger partial charge in [-0.1, -0.05) is 26.7 Å². The highest BCUT2D eigenvalue weighted by molar-refractivity contribution is 7.80. The molecule has 3 saturated heterocycles. The molecular formula is C23H38N6OS. The van der Waals surface area contributed by atoms with Crippen molar-refractivity contribution in [1.82, 2.24) is 15.3 Å². The number of nitrogens with one attached hydrogen (secondary N) is 2. The molecule has 3 atom stereocenters. The predicted molar refractivity (Wildman–Crippen MR) is 131 cm³/mol. The van der Waals surface area contributed by atoms with Crippen LogP contribution in [0.3, 0.4) is 0 Å². The van der Waals surface area contributed by atoms with E-state index in [0.717, 1.165) is 63.8 Å². The topological polar surface area (TPSA) is 65.5 Å². The number of hydrogen-bond donors (Lipinski definition) is 2. The van der Waals surface area contributed by atoms with Crippen LogP contribution in [-0.2, 0) is 4.74 Å². The van der Waals surface area contributed by atoms with Crippen molar-refractivity contribution in [3.63, 3.8) is 0 Å². The Morgan fingerprint density at radius 2 is 1.71 bits per heavy atom. The second-order valence-electron chi connectivity index (χ2n) is 9.63. The first-order valence-electron chi connectivity index (χ1n) is 12.1. The largest absolute Gasteiger partial charge is 0.376 e. The molecule has 1 aromatic heterocycles. The minimum atomic E-state index is 0.246. The zero-order valence-corrected chi connectivity index (χ0v) is 19.9. The molecule has 4 heterocycles. The second-order valence-corrected chi connectivity index (χ2v) is 10.0. The zero-order chi connectivity index (χ0) is 21.6. The van der Waals surface area contributed by atoms with Gasteiger partial charge in [0.1, 0.15) is 11.6 Å².